The Kier molecular flexibility index (Phi) is 4.03. The number of aryl methyl sites for hydroxylation is 1. The van der Waals surface area contributed by atoms with Crippen LogP contribution in [-0.4, -0.2) is 27.3 Å². The summed E-state index contributed by atoms with van der Waals surface area (Å²) in [5, 5.41) is 14.3. The first-order valence-corrected chi connectivity index (χ1v) is 5.98. The Morgan fingerprint density at radius 1 is 1.30 bits per heavy atom. The molecule has 0 aliphatic rings. The van der Waals surface area contributed by atoms with Gasteiger partial charge in [0.25, 0.3) is 0 Å². The first-order valence-electron chi connectivity index (χ1n) is 5.98. The number of hydrogen-bond donors (Lipinski definition) is 1. The van der Waals surface area contributed by atoms with Gasteiger partial charge in [-0.1, -0.05) is 18.2 Å². The van der Waals surface area contributed by atoms with Gasteiger partial charge in [-0.25, -0.2) is 0 Å². The maximum atomic E-state index is 13.0. The molecule has 2 rings (SSSR count). The zero-order valence-corrected chi connectivity index (χ0v) is 11.0. The molecule has 1 N–H and O–H groups in total. The zero-order chi connectivity index (χ0) is 14.8. The van der Waals surface area contributed by atoms with Crippen LogP contribution in [0.15, 0.2) is 24.3 Å². The second-order valence-corrected chi connectivity index (χ2v) is 4.33. The number of nitrogens with one attached hydrogen (secondary N) is 1. The Morgan fingerprint density at radius 2 is 2.00 bits per heavy atom. The smallest absolute Gasteiger partial charge is 0.313 e. The van der Waals surface area contributed by atoms with Crippen LogP contribution in [0.2, 0.25) is 0 Å². The number of nitrogens with zero attached hydrogens (tertiary/aromatic N) is 4. The number of halogens is 3. The molecule has 0 radical (unpaired) electrons. The van der Waals surface area contributed by atoms with Crippen molar-refractivity contribution in [3.8, 4) is 0 Å². The van der Waals surface area contributed by atoms with Crippen LogP contribution >= 0.6 is 0 Å². The molecule has 2 aromatic rings. The molecule has 108 valence electrons. The Morgan fingerprint density at radius 3 is 2.55 bits per heavy atom. The number of aromatic nitrogens is 4. The standard InChI is InChI=1S/C12H14F3N5/c1-16-10(7-11-17-19-20(2)18-11)8-5-3-4-6-9(8)12(13,14)15/h3-6,10,16H,7H2,1-2H3. The summed E-state index contributed by atoms with van der Waals surface area (Å²) in [6.45, 7) is 0. The van der Waals surface area contributed by atoms with Gasteiger partial charge in [-0.05, 0) is 23.9 Å². The van der Waals surface area contributed by atoms with Crippen molar-refractivity contribution in [2.45, 2.75) is 18.6 Å². The lowest BCUT2D eigenvalue weighted by Gasteiger charge is -2.20. The Hall–Kier alpha value is -1.96. The van der Waals surface area contributed by atoms with Crippen LogP contribution in [0.5, 0.6) is 0 Å². The monoisotopic (exact) mass is 285 g/mol. The third kappa shape index (κ3) is 3.13. The lowest BCUT2D eigenvalue weighted by Crippen LogP contribution is -2.23. The molecule has 1 unspecified atom stereocenters. The van der Waals surface area contributed by atoms with Crippen molar-refractivity contribution in [1.29, 1.82) is 0 Å². The van der Waals surface area contributed by atoms with Gasteiger partial charge >= 0.3 is 6.18 Å². The van der Waals surface area contributed by atoms with E-state index in [1.54, 1.807) is 20.2 Å². The van der Waals surface area contributed by atoms with Crippen molar-refractivity contribution in [2.24, 2.45) is 7.05 Å². The molecular weight excluding hydrogens is 271 g/mol. The average Bonchev–Trinajstić information content (AvgIpc) is 2.80. The molecule has 1 aromatic heterocycles. The summed E-state index contributed by atoms with van der Waals surface area (Å²) in [5.41, 5.74) is -0.474. The summed E-state index contributed by atoms with van der Waals surface area (Å²) >= 11 is 0. The SMILES string of the molecule is CNC(Cc1nnn(C)n1)c1ccccc1C(F)(F)F. The number of alkyl halides is 3. The molecule has 0 amide bonds. The van der Waals surface area contributed by atoms with E-state index in [4.69, 9.17) is 0 Å². The van der Waals surface area contributed by atoms with E-state index in [1.165, 1.54) is 16.9 Å². The van der Waals surface area contributed by atoms with E-state index in [2.05, 4.69) is 20.7 Å². The summed E-state index contributed by atoms with van der Waals surface area (Å²) in [4.78, 5) is 1.28. The minimum atomic E-state index is -4.39. The highest BCUT2D eigenvalue weighted by Crippen LogP contribution is 2.35. The Bertz CT molecular complexity index is 578. The lowest BCUT2D eigenvalue weighted by molar-refractivity contribution is -0.138. The molecule has 20 heavy (non-hydrogen) atoms. The molecular formula is C12H14F3N5. The molecule has 1 aromatic carbocycles. The molecule has 1 heterocycles. The van der Waals surface area contributed by atoms with E-state index in [0.717, 1.165) is 6.07 Å². The average molecular weight is 285 g/mol. The predicted molar refractivity (Wildman–Crippen MR) is 65.7 cm³/mol. The van der Waals surface area contributed by atoms with Crippen molar-refractivity contribution in [1.82, 2.24) is 25.5 Å². The molecule has 0 fully saturated rings. The van der Waals surface area contributed by atoms with Crippen molar-refractivity contribution >= 4 is 0 Å². The maximum Gasteiger partial charge on any atom is 0.416 e. The van der Waals surface area contributed by atoms with Crippen LogP contribution in [0, 0.1) is 0 Å². The number of tetrazole rings is 1. The summed E-state index contributed by atoms with van der Waals surface area (Å²) < 4.78 is 39.0. The molecule has 5 nitrogen and oxygen atoms in total. The molecule has 0 saturated carbocycles. The Labute approximate surface area is 113 Å². The molecule has 0 saturated heterocycles. The van der Waals surface area contributed by atoms with E-state index < -0.39 is 17.8 Å². The number of benzene rings is 1. The van der Waals surface area contributed by atoms with Gasteiger partial charge in [0.1, 0.15) is 0 Å². The molecule has 0 spiro atoms. The second kappa shape index (κ2) is 5.58. The van der Waals surface area contributed by atoms with Gasteiger partial charge < -0.3 is 5.32 Å². The number of likely N-dealkylation sites (N-methyl/N-ethyl adjacent to an activating group) is 1. The zero-order valence-electron chi connectivity index (χ0n) is 11.0. The van der Waals surface area contributed by atoms with Crippen LogP contribution in [0.4, 0.5) is 13.2 Å². The molecule has 0 aliphatic carbocycles. The Balaban J connectivity index is 2.32. The largest absolute Gasteiger partial charge is 0.416 e. The number of rotatable bonds is 4. The maximum absolute atomic E-state index is 13.0. The van der Waals surface area contributed by atoms with Gasteiger partial charge in [-0.15, -0.1) is 10.2 Å². The van der Waals surface area contributed by atoms with Crippen LogP contribution in [0.25, 0.3) is 0 Å². The minimum absolute atomic E-state index is 0.176. The fourth-order valence-electron chi connectivity index (χ4n) is 2.01. The lowest BCUT2D eigenvalue weighted by atomic mass is 9.97. The molecule has 8 heteroatoms. The number of hydrogen-bond acceptors (Lipinski definition) is 4. The third-order valence-corrected chi connectivity index (χ3v) is 2.93. The van der Waals surface area contributed by atoms with Crippen LogP contribution in [0.3, 0.4) is 0 Å². The van der Waals surface area contributed by atoms with Crippen LogP contribution in [-0.2, 0) is 19.6 Å². The first kappa shape index (κ1) is 14.4. The van der Waals surface area contributed by atoms with Crippen molar-refractivity contribution in [3.05, 3.63) is 41.2 Å². The van der Waals surface area contributed by atoms with Crippen LogP contribution in [0.1, 0.15) is 23.0 Å². The van der Waals surface area contributed by atoms with E-state index in [-0.39, 0.29) is 12.0 Å². The fourth-order valence-corrected chi connectivity index (χ4v) is 2.01. The quantitative estimate of drug-likeness (QED) is 0.929. The first-order chi connectivity index (χ1) is 9.41. The molecule has 1 atom stereocenters. The van der Waals surface area contributed by atoms with Gasteiger partial charge in [-0.2, -0.15) is 18.0 Å². The highest BCUT2D eigenvalue weighted by molar-refractivity contribution is 5.32. The van der Waals surface area contributed by atoms with Gasteiger partial charge in [0.2, 0.25) is 0 Å². The van der Waals surface area contributed by atoms with E-state index in [1.807, 2.05) is 0 Å². The van der Waals surface area contributed by atoms with E-state index in [0.29, 0.717) is 5.82 Å². The minimum Gasteiger partial charge on any atom is -0.313 e. The van der Waals surface area contributed by atoms with Gasteiger partial charge in [0.15, 0.2) is 5.82 Å². The predicted octanol–water partition coefficient (Wildman–Crippen LogP) is 1.73. The topological polar surface area (TPSA) is 55.6 Å². The highest BCUT2D eigenvalue weighted by Gasteiger charge is 2.34. The third-order valence-electron chi connectivity index (χ3n) is 2.93. The fraction of sp³-hybridized carbons (Fsp3) is 0.417. The summed E-state index contributed by atoms with van der Waals surface area (Å²) in [6.07, 6.45) is -4.15. The van der Waals surface area contributed by atoms with Crippen molar-refractivity contribution in [3.63, 3.8) is 0 Å². The summed E-state index contributed by atoms with van der Waals surface area (Å²) in [5.74, 6) is 0.392. The van der Waals surface area contributed by atoms with Gasteiger partial charge in [0, 0.05) is 12.5 Å². The normalized spacial score (nSPS) is 13.4. The molecule has 0 aliphatic heterocycles. The summed E-state index contributed by atoms with van der Waals surface area (Å²) in [6, 6.07) is 4.96. The van der Waals surface area contributed by atoms with E-state index in [9.17, 15) is 13.2 Å². The van der Waals surface area contributed by atoms with Crippen LogP contribution < -0.4 is 5.32 Å². The van der Waals surface area contributed by atoms with Crippen molar-refractivity contribution in [2.75, 3.05) is 7.05 Å². The van der Waals surface area contributed by atoms with Crippen molar-refractivity contribution < 1.29 is 13.2 Å². The van der Waals surface area contributed by atoms with Gasteiger partial charge in [-0.3, -0.25) is 0 Å². The summed E-state index contributed by atoms with van der Waals surface area (Å²) in [7, 11) is 3.21. The van der Waals surface area contributed by atoms with E-state index >= 15 is 0 Å². The molecule has 0 bridgehead atoms. The van der Waals surface area contributed by atoms with Gasteiger partial charge in [0.05, 0.1) is 12.6 Å². The second-order valence-electron chi connectivity index (χ2n) is 4.33. The highest BCUT2D eigenvalue weighted by atomic mass is 19.4.